The third kappa shape index (κ3) is 3.69. The maximum absolute atomic E-state index is 11.0. The lowest BCUT2D eigenvalue weighted by atomic mass is 9.96. The monoisotopic (exact) mass is 213 g/mol. The van der Waals surface area contributed by atoms with Crippen molar-refractivity contribution < 1.29 is 4.79 Å². The highest BCUT2D eigenvalue weighted by Crippen LogP contribution is 2.14. The number of carbonyl (C=O) groups is 1. The van der Waals surface area contributed by atoms with E-state index in [-0.39, 0.29) is 5.91 Å². The molecule has 6 N–H and O–H groups in total. The van der Waals surface area contributed by atoms with Crippen LogP contribution in [-0.4, -0.2) is 23.8 Å². The molecule has 0 aliphatic carbocycles. The molecule has 6 heteroatoms. The predicted molar refractivity (Wildman–Crippen MR) is 60.8 cm³/mol. The third-order valence-electron chi connectivity index (χ3n) is 2.03. The second-order valence-corrected chi connectivity index (χ2v) is 3.42. The molecule has 0 aliphatic heterocycles. The molecule has 0 aromatic heterocycles. The summed E-state index contributed by atoms with van der Waals surface area (Å²) < 4.78 is 0. The van der Waals surface area contributed by atoms with E-state index in [9.17, 15) is 4.79 Å². The summed E-state index contributed by atoms with van der Waals surface area (Å²) in [5.74, 6) is 5.01. The molecule has 15 heavy (non-hydrogen) atoms. The van der Waals surface area contributed by atoms with Crippen LogP contribution in [0, 0.1) is 0 Å². The van der Waals surface area contributed by atoms with Crippen LogP contribution in [0.25, 0.3) is 0 Å². The Labute approximate surface area is 89.8 Å². The summed E-state index contributed by atoms with van der Waals surface area (Å²) in [7, 11) is 0. The van der Waals surface area contributed by atoms with E-state index >= 15 is 0 Å². The van der Waals surface area contributed by atoms with Gasteiger partial charge in [-0.1, -0.05) is 6.58 Å². The lowest BCUT2D eigenvalue weighted by molar-refractivity contribution is -0.119. The van der Waals surface area contributed by atoms with Gasteiger partial charge in [0.05, 0.1) is 5.54 Å². The number of nitrogens with one attached hydrogen (secondary N) is 2. The van der Waals surface area contributed by atoms with E-state index in [2.05, 4.69) is 22.3 Å². The summed E-state index contributed by atoms with van der Waals surface area (Å²) in [6.45, 7) is 8.49. The van der Waals surface area contributed by atoms with Gasteiger partial charge in [-0.2, -0.15) is 0 Å². The predicted octanol–water partition coefficient (Wildman–Crippen LogP) is -0.766. The molecule has 6 nitrogen and oxygen atoms in total. The molecule has 86 valence electrons. The lowest BCUT2D eigenvalue weighted by Gasteiger charge is -2.33. The smallest absolute Gasteiger partial charge is 0.218 e. The van der Waals surface area contributed by atoms with Crippen molar-refractivity contribution in [1.82, 2.24) is 10.7 Å². The van der Waals surface area contributed by atoms with Gasteiger partial charge in [0.15, 0.2) is 0 Å². The molecule has 0 bridgehead atoms. The van der Waals surface area contributed by atoms with Crippen LogP contribution < -0.4 is 22.3 Å². The molecule has 0 radical (unpaired) electrons. The van der Waals surface area contributed by atoms with Crippen LogP contribution in [-0.2, 0) is 4.79 Å². The highest BCUT2D eigenvalue weighted by molar-refractivity contribution is 5.73. The zero-order valence-corrected chi connectivity index (χ0v) is 9.37. The van der Waals surface area contributed by atoms with Gasteiger partial charge in [0.25, 0.3) is 0 Å². The van der Waals surface area contributed by atoms with Crippen molar-refractivity contribution in [2.24, 2.45) is 16.6 Å². The minimum atomic E-state index is -0.951. The summed E-state index contributed by atoms with van der Waals surface area (Å²) in [6.07, 6.45) is 0.971. The average molecular weight is 213 g/mol. The Kier molecular flexibility index (Phi) is 4.96. The van der Waals surface area contributed by atoms with Crippen LogP contribution >= 0.6 is 0 Å². The van der Waals surface area contributed by atoms with E-state index in [0.717, 1.165) is 0 Å². The quantitative estimate of drug-likeness (QED) is 0.273. The van der Waals surface area contributed by atoms with Crippen molar-refractivity contribution in [2.45, 2.75) is 32.5 Å². The number of rotatable bonds is 5. The second-order valence-electron chi connectivity index (χ2n) is 3.42. The summed E-state index contributed by atoms with van der Waals surface area (Å²) >= 11 is 0. The van der Waals surface area contributed by atoms with Crippen LogP contribution in [0.1, 0.15) is 20.8 Å². The highest BCUT2D eigenvalue weighted by Gasteiger charge is 2.33. The highest BCUT2D eigenvalue weighted by atomic mass is 16.1. The van der Waals surface area contributed by atoms with Crippen LogP contribution in [0.4, 0.5) is 0 Å². The zero-order valence-electron chi connectivity index (χ0n) is 9.37. The first-order chi connectivity index (χ1) is 6.86. The van der Waals surface area contributed by atoms with Gasteiger partial charge in [0.2, 0.25) is 5.91 Å². The Morgan fingerprint density at radius 1 is 1.67 bits per heavy atom. The SMILES string of the molecule is C=C(NN)C(C)(N)C(/N=C\C)NC(C)=O. The van der Waals surface area contributed by atoms with Gasteiger partial charge in [0, 0.05) is 12.6 Å². The number of hydrogen-bond donors (Lipinski definition) is 4. The first-order valence-electron chi connectivity index (χ1n) is 4.56. The summed E-state index contributed by atoms with van der Waals surface area (Å²) in [4.78, 5) is 15.0. The fraction of sp³-hybridized carbons (Fsp3) is 0.556. The van der Waals surface area contributed by atoms with Gasteiger partial charge in [-0.3, -0.25) is 15.6 Å². The van der Waals surface area contributed by atoms with E-state index in [1.807, 2.05) is 0 Å². The molecule has 0 fully saturated rings. The van der Waals surface area contributed by atoms with Crippen molar-refractivity contribution in [2.75, 3.05) is 0 Å². The van der Waals surface area contributed by atoms with Crippen molar-refractivity contribution in [3.63, 3.8) is 0 Å². The molecule has 0 rings (SSSR count). The molecule has 0 aromatic rings. The van der Waals surface area contributed by atoms with E-state index in [4.69, 9.17) is 11.6 Å². The number of nitrogens with zero attached hydrogens (tertiary/aromatic N) is 1. The van der Waals surface area contributed by atoms with Crippen molar-refractivity contribution >= 4 is 12.1 Å². The first kappa shape index (κ1) is 13.6. The average Bonchev–Trinajstić information content (AvgIpc) is 2.15. The van der Waals surface area contributed by atoms with Gasteiger partial charge in [-0.05, 0) is 20.1 Å². The molecular formula is C9H19N5O. The zero-order chi connectivity index (χ0) is 12.1. The maximum atomic E-state index is 11.0. The Hall–Kier alpha value is -1.40. The van der Waals surface area contributed by atoms with Gasteiger partial charge in [-0.15, -0.1) is 0 Å². The van der Waals surface area contributed by atoms with E-state index < -0.39 is 11.7 Å². The summed E-state index contributed by atoms with van der Waals surface area (Å²) in [5.41, 5.74) is 7.80. The number of nitrogens with two attached hydrogens (primary N) is 2. The largest absolute Gasteiger partial charge is 0.333 e. The molecule has 0 aliphatic rings. The number of amides is 1. The van der Waals surface area contributed by atoms with Gasteiger partial charge >= 0.3 is 0 Å². The van der Waals surface area contributed by atoms with Gasteiger partial charge < -0.3 is 16.5 Å². The van der Waals surface area contributed by atoms with Crippen LogP contribution in [0.2, 0.25) is 0 Å². The molecule has 2 unspecified atom stereocenters. The first-order valence-corrected chi connectivity index (χ1v) is 4.56. The molecule has 2 atom stereocenters. The Balaban J connectivity index is 4.88. The molecule has 0 saturated heterocycles. The Morgan fingerprint density at radius 3 is 2.53 bits per heavy atom. The van der Waals surface area contributed by atoms with E-state index in [1.165, 1.54) is 6.92 Å². The van der Waals surface area contributed by atoms with Gasteiger partial charge in [-0.25, -0.2) is 0 Å². The summed E-state index contributed by atoms with van der Waals surface area (Å²) in [6, 6.07) is 0. The van der Waals surface area contributed by atoms with E-state index in [0.29, 0.717) is 5.70 Å². The van der Waals surface area contributed by atoms with Crippen molar-refractivity contribution in [1.29, 1.82) is 0 Å². The third-order valence-corrected chi connectivity index (χ3v) is 2.03. The van der Waals surface area contributed by atoms with Gasteiger partial charge in [0.1, 0.15) is 6.17 Å². The minimum absolute atomic E-state index is 0.216. The van der Waals surface area contributed by atoms with Crippen molar-refractivity contribution in [3.05, 3.63) is 12.3 Å². The molecule has 1 amide bonds. The summed E-state index contributed by atoms with van der Waals surface area (Å²) in [5, 5.41) is 2.62. The number of carbonyl (C=O) groups excluding carboxylic acids is 1. The maximum Gasteiger partial charge on any atom is 0.218 e. The normalized spacial score (nSPS) is 16.9. The Morgan fingerprint density at radius 2 is 2.20 bits per heavy atom. The fourth-order valence-electron chi connectivity index (χ4n) is 1.00. The topological polar surface area (TPSA) is 106 Å². The standard InChI is InChI=1S/C9H19N5O/c1-5-12-8(13-7(3)15)9(4,10)6(2)14-11/h5,8,14H,2,10-11H2,1,3-4H3,(H,13,15)/b12-5-. The fourth-order valence-corrected chi connectivity index (χ4v) is 1.00. The lowest BCUT2D eigenvalue weighted by Crippen LogP contribution is -2.59. The van der Waals surface area contributed by atoms with Crippen molar-refractivity contribution in [3.8, 4) is 0 Å². The van der Waals surface area contributed by atoms with Crippen LogP contribution in [0.5, 0.6) is 0 Å². The molecule has 0 spiro atoms. The van der Waals surface area contributed by atoms with E-state index in [1.54, 1.807) is 20.1 Å². The van der Waals surface area contributed by atoms with Crippen LogP contribution in [0.15, 0.2) is 17.3 Å². The number of hydrazine groups is 1. The second kappa shape index (κ2) is 5.47. The molecule has 0 saturated carbocycles. The molecular weight excluding hydrogens is 194 g/mol. The molecule has 0 aromatic carbocycles. The number of hydrogen-bond acceptors (Lipinski definition) is 5. The Bertz CT molecular complexity index is 272. The minimum Gasteiger partial charge on any atom is -0.333 e. The molecule has 0 heterocycles. The van der Waals surface area contributed by atoms with Crippen LogP contribution in [0.3, 0.4) is 0 Å². The number of aliphatic imine (C=N–C) groups is 1.